The van der Waals surface area contributed by atoms with Crippen molar-refractivity contribution < 1.29 is 24.0 Å². The van der Waals surface area contributed by atoms with E-state index in [9.17, 15) is 24.5 Å². The van der Waals surface area contributed by atoms with Crippen LogP contribution in [0.25, 0.3) is 6.08 Å². The third kappa shape index (κ3) is 6.25. The molecule has 0 aromatic heterocycles. The van der Waals surface area contributed by atoms with Crippen molar-refractivity contribution in [1.29, 1.82) is 0 Å². The summed E-state index contributed by atoms with van der Waals surface area (Å²) in [6.45, 7) is 1.50. The number of nitro benzene ring substituents is 1. The highest BCUT2D eigenvalue weighted by molar-refractivity contribution is 9.10. The van der Waals surface area contributed by atoms with Gasteiger partial charge in [-0.1, -0.05) is 42.5 Å². The van der Waals surface area contributed by atoms with Gasteiger partial charge in [-0.05, 0) is 70.0 Å². The minimum atomic E-state index is -0.544. The molecule has 0 unspecified atom stereocenters. The number of para-hydroxylation sites is 2. The normalized spacial score (nSPS) is 14.2. The van der Waals surface area contributed by atoms with Crippen LogP contribution >= 0.6 is 27.7 Å². The summed E-state index contributed by atoms with van der Waals surface area (Å²) in [6, 6.07) is 18.4. The predicted octanol–water partition coefficient (Wildman–Crippen LogP) is 5.92. The molecule has 1 aliphatic heterocycles. The van der Waals surface area contributed by atoms with E-state index in [1.165, 1.54) is 18.2 Å². The molecule has 3 aromatic rings. The number of nitrogens with one attached hydrogen (secondary N) is 1. The van der Waals surface area contributed by atoms with E-state index >= 15 is 0 Å². The number of nitrogens with zero attached hydrogens (tertiary/aromatic N) is 2. The largest absolute Gasteiger partial charge is 0.483 e. The van der Waals surface area contributed by atoms with Crippen LogP contribution < -0.4 is 10.1 Å². The summed E-state index contributed by atoms with van der Waals surface area (Å²) < 4.78 is 6.18. The van der Waals surface area contributed by atoms with E-state index in [1.807, 2.05) is 25.1 Å². The molecule has 0 aliphatic carbocycles. The van der Waals surface area contributed by atoms with Gasteiger partial charge in [0.1, 0.15) is 5.75 Å². The molecule has 1 aliphatic rings. The fraction of sp³-hybridized carbons (Fsp3) is 0.115. The number of amides is 3. The molecule has 9 nitrogen and oxygen atoms in total. The summed E-state index contributed by atoms with van der Waals surface area (Å²) >= 11 is 4.18. The first-order valence-electron chi connectivity index (χ1n) is 11.0. The second-order valence-electron chi connectivity index (χ2n) is 8.00. The third-order valence-corrected chi connectivity index (χ3v) is 6.95. The summed E-state index contributed by atoms with van der Waals surface area (Å²) in [5, 5.41) is 13.6. The molecule has 3 aromatic carbocycles. The van der Waals surface area contributed by atoms with Crippen LogP contribution in [-0.2, 0) is 16.1 Å². The number of rotatable bonds is 8. The number of carbonyl (C=O) groups excluding carboxylic acids is 3. The number of halogens is 1. The summed E-state index contributed by atoms with van der Waals surface area (Å²) in [7, 11) is 0. The van der Waals surface area contributed by atoms with Gasteiger partial charge in [0.2, 0.25) is 0 Å². The topological polar surface area (TPSA) is 119 Å². The van der Waals surface area contributed by atoms with E-state index in [1.54, 1.807) is 36.4 Å². The van der Waals surface area contributed by atoms with E-state index < -0.39 is 16.1 Å². The van der Waals surface area contributed by atoms with Crippen molar-refractivity contribution in [3.8, 4) is 5.75 Å². The van der Waals surface area contributed by atoms with E-state index in [4.69, 9.17) is 4.74 Å². The molecule has 1 N–H and O–H groups in total. The number of ether oxygens (including phenoxy) is 1. The maximum Gasteiger partial charge on any atom is 0.293 e. The second kappa shape index (κ2) is 11.4. The Bertz CT molecular complexity index is 1440. The standard InChI is InChI=1S/C26H20BrN3O6S/c1-16-6-2-4-8-20(16)28-24(31)15-36-22-11-10-17(12-19(22)27)13-23-25(32)29(26(33)37-23)14-18-7-3-5-9-21(18)30(34)35/h2-13H,14-15H2,1H3,(H,28,31)/b23-13-. The van der Waals surface area contributed by atoms with Crippen molar-refractivity contribution in [2.24, 2.45) is 0 Å². The number of carbonyl (C=O) groups is 3. The monoisotopic (exact) mass is 581 g/mol. The fourth-order valence-electron chi connectivity index (χ4n) is 3.55. The highest BCUT2D eigenvalue weighted by atomic mass is 79.9. The zero-order valence-corrected chi connectivity index (χ0v) is 21.9. The lowest BCUT2D eigenvalue weighted by atomic mass is 10.1. The summed E-state index contributed by atoms with van der Waals surface area (Å²) in [4.78, 5) is 49.5. The zero-order chi connectivity index (χ0) is 26.5. The molecule has 11 heteroatoms. The van der Waals surface area contributed by atoms with Gasteiger partial charge in [0, 0.05) is 17.3 Å². The van der Waals surface area contributed by atoms with Crippen LogP contribution in [0.2, 0.25) is 0 Å². The number of imide groups is 1. The molecule has 3 amide bonds. The summed E-state index contributed by atoms with van der Waals surface area (Å²) in [5.74, 6) is -0.406. The van der Waals surface area contributed by atoms with E-state index in [2.05, 4.69) is 21.2 Å². The fourth-order valence-corrected chi connectivity index (χ4v) is 4.90. The van der Waals surface area contributed by atoms with Gasteiger partial charge < -0.3 is 10.1 Å². The Morgan fingerprint density at radius 2 is 1.86 bits per heavy atom. The van der Waals surface area contributed by atoms with Crippen LogP contribution in [-0.4, -0.2) is 33.5 Å². The van der Waals surface area contributed by atoms with Crippen molar-refractivity contribution in [2.75, 3.05) is 11.9 Å². The molecule has 0 atom stereocenters. The van der Waals surface area contributed by atoms with Crippen LogP contribution in [0.3, 0.4) is 0 Å². The number of anilines is 1. The Morgan fingerprint density at radius 1 is 1.14 bits per heavy atom. The van der Waals surface area contributed by atoms with Gasteiger partial charge in [0.05, 0.1) is 20.8 Å². The average Bonchev–Trinajstić information content (AvgIpc) is 3.12. The van der Waals surface area contributed by atoms with Crippen molar-refractivity contribution >= 4 is 62.2 Å². The minimum Gasteiger partial charge on any atom is -0.483 e. The van der Waals surface area contributed by atoms with Gasteiger partial charge in [-0.2, -0.15) is 0 Å². The highest BCUT2D eigenvalue weighted by Gasteiger charge is 2.36. The lowest BCUT2D eigenvalue weighted by Gasteiger charge is -2.12. The minimum absolute atomic E-state index is 0.155. The molecule has 37 heavy (non-hydrogen) atoms. The van der Waals surface area contributed by atoms with Crippen molar-refractivity contribution in [2.45, 2.75) is 13.5 Å². The van der Waals surface area contributed by atoms with Gasteiger partial charge in [-0.3, -0.25) is 29.4 Å². The van der Waals surface area contributed by atoms with Crippen molar-refractivity contribution in [3.63, 3.8) is 0 Å². The van der Waals surface area contributed by atoms with Crippen LogP contribution in [0.5, 0.6) is 5.75 Å². The molecular weight excluding hydrogens is 562 g/mol. The first-order valence-corrected chi connectivity index (χ1v) is 12.6. The van der Waals surface area contributed by atoms with Crippen LogP contribution in [0.1, 0.15) is 16.7 Å². The van der Waals surface area contributed by atoms with E-state index in [0.29, 0.717) is 21.5 Å². The molecular formula is C26H20BrN3O6S. The maximum absolute atomic E-state index is 12.9. The molecule has 188 valence electrons. The van der Waals surface area contributed by atoms with Crippen molar-refractivity contribution in [1.82, 2.24) is 4.90 Å². The smallest absolute Gasteiger partial charge is 0.293 e. The second-order valence-corrected chi connectivity index (χ2v) is 9.84. The van der Waals surface area contributed by atoms with Gasteiger partial charge in [-0.25, -0.2) is 0 Å². The number of aryl methyl sites for hydroxylation is 1. The Kier molecular flexibility index (Phi) is 8.04. The summed E-state index contributed by atoms with van der Waals surface area (Å²) in [6.07, 6.45) is 1.56. The first-order chi connectivity index (χ1) is 17.7. The number of hydrogen-bond donors (Lipinski definition) is 1. The third-order valence-electron chi connectivity index (χ3n) is 5.42. The Balaban J connectivity index is 1.41. The highest BCUT2D eigenvalue weighted by Crippen LogP contribution is 2.35. The van der Waals surface area contributed by atoms with E-state index in [0.717, 1.165) is 22.2 Å². The van der Waals surface area contributed by atoms with Crippen LogP contribution in [0, 0.1) is 17.0 Å². The van der Waals surface area contributed by atoms with Crippen LogP contribution in [0.4, 0.5) is 16.2 Å². The number of thioether (sulfide) groups is 1. The quantitative estimate of drug-likeness (QED) is 0.199. The SMILES string of the molecule is Cc1ccccc1NC(=O)COc1ccc(/C=C2\SC(=O)N(Cc3ccccc3[N+](=O)[O-])C2=O)cc1Br. The Hall–Kier alpha value is -3.96. The maximum atomic E-state index is 12.9. The van der Waals surface area contributed by atoms with E-state index in [-0.39, 0.29) is 35.2 Å². The molecule has 1 saturated heterocycles. The van der Waals surface area contributed by atoms with Crippen molar-refractivity contribution in [3.05, 3.63) is 103 Å². The molecule has 0 bridgehead atoms. The molecule has 0 spiro atoms. The van der Waals surface area contributed by atoms with Crippen LogP contribution in [0.15, 0.2) is 76.1 Å². The molecule has 0 saturated carbocycles. The Morgan fingerprint density at radius 3 is 2.59 bits per heavy atom. The van der Waals surface area contributed by atoms with Gasteiger partial charge in [0.15, 0.2) is 6.61 Å². The first kappa shape index (κ1) is 26.1. The lowest BCUT2D eigenvalue weighted by molar-refractivity contribution is -0.385. The molecule has 1 heterocycles. The Labute approximate surface area is 224 Å². The number of nitro groups is 1. The lowest BCUT2D eigenvalue weighted by Crippen LogP contribution is -2.27. The van der Waals surface area contributed by atoms with Gasteiger partial charge >= 0.3 is 0 Å². The zero-order valence-electron chi connectivity index (χ0n) is 19.5. The average molecular weight is 582 g/mol. The molecule has 1 fully saturated rings. The predicted molar refractivity (Wildman–Crippen MR) is 144 cm³/mol. The van der Waals surface area contributed by atoms with Gasteiger partial charge in [0.25, 0.3) is 22.7 Å². The van der Waals surface area contributed by atoms with Gasteiger partial charge in [-0.15, -0.1) is 0 Å². The number of hydrogen-bond acceptors (Lipinski definition) is 7. The number of benzene rings is 3. The molecule has 4 rings (SSSR count). The summed E-state index contributed by atoms with van der Waals surface area (Å²) in [5.41, 5.74) is 2.39. The molecule has 0 radical (unpaired) electrons.